The molecule has 1 aromatic heterocycles. The van der Waals surface area contributed by atoms with Gasteiger partial charge in [0.05, 0.1) is 16.7 Å². The average Bonchev–Trinajstić information content (AvgIpc) is 3.33. The van der Waals surface area contributed by atoms with Crippen LogP contribution in [-0.4, -0.2) is 16.1 Å². The zero-order chi connectivity index (χ0) is 19.8. The van der Waals surface area contributed by atoms with Crippen LogP contribution in [0.3, 0.4) is 0 Å². The summed E-state index contributed by atoms with van der Waals surface area (Å²) in [4.78, 5) is 22.9. The first-order chi connectivity index (χ1) is 14.2. The Balaban J connectivity index is 1.47. The van der Waals surface area contributed by atoms with E-state index in [1.54, 1.807) is 4.90 Å². The van der Waals surface area contributed by atoms with E-state index in [1.165, 1.54) is 0 Å². The molecule has 1 amide bonds. The highest BCUT2D eigenvalue weighted by Crippen LogP contribution is 2.40. The molecular weight excluding hydrogens is 430 g/mol. The van der Waals surface area contributed by atoms with Crippen molar-refractivity contribution in [2.75, 3.05) is 4.90 Å². The van der Waals surface area contributed by atoms with E-state index in [-0.39, 0.29) is 18.7 Å². The standard InChI is InChI=1S/C23H18BrN3O2/c24-17-10-11-18-19(13-17)26-22(25-18)21-12-16-8-4-5-9-20(16)27(21)23(28)29-14-15-6-2-1-3-7-15/h1-11,13,21H,12,14H2,(H,25,26). The largest absolute Gasteiger partial charge is 0.444 e. The molecule has 0 fully saturated rings. The van der Waals surface area contributed by atoms with E-state index in [1.807, 2.05) is 72.8 Å². The summed E-state index contributed by atoms with van der Waals surface area (Å²) < 4.78 is 6.63. The molecule has 1 N–H and O–H groups in total. The number of aromatic nitrogens is 2. The highest BCUT2D eigenvalue weighted by molar-refractivity contribution is 9.10. The molecule has 2 heterocycles. The van der Waals surface area contributed by atoms with Gasteiger partial charge in [-0.05, 0) is 35.4 Å². The third kappa shape index (κ3) is 3.40. The fraction of sp³-hybridized carbons (Fsp3) is 0.130. The van der Waals surface area contributed by atoms with E-state index in [4.69, 9.17) is 9.72 Å². The van der Waals surface area contributed by atoms with Crippen LogP contribution in [0.15, 0.2) is 77.3 Å². The molecule has 3 aromatic carbocycles. The van der Waals surface area contributed by atoms with Gasteiger partial charge in [0.1, 0.15) is 18.5 Å². The van der Waals surface area contributed by atoms with Crippen molar-refractivity contribution in [3.63, 3.8) is 0 Å². The van der Waals surface area contributed by atoms with Gasteiger partial charge in [-0.15, -0.1) is 0 Å². The summed E-state index contributed by atoms with van der Waals surface area (Å²) in [5.41, 5.74) is 4.74. The molecule has 5 rings (SSSR count). The number of anilines is 1. The molecule has 29 heavy (non-hydrogen) atoms. The molecule has 0 saturated heterocycles. The number of hydrogen-bond acceptors (Lipinski definition) is 3. The van der Waals surface area contributed by atoms with E-state index < -0.39 is 0 Å². The third-order valence-corrected chi connectivity index (χ3v) is 5.65. The highest BCUT2D eigenvalue weighted by Gasteiger charge is 2.37. The number of para-hydroxylation sites is 1. The second-order valence-corrected chi connectivity index (χ2v) is 7.96. The van der Waals surface area contributed by atoms with Crippen LogP contribution in [0.4, 0.5) is 10.5 Å². The lowest BCUT2D eigenvalue weighted by Crippen LogP contribution is -2.33. The summed E-state index contributed by atoms with van der Waals surface area (Å²) in [5, 5.41) is 0. The topological polar surface area (TPSA) is 58.2 Å². The maximum absolute atomic E-state index is 13.1. The number of imidazole rings is 1. The van der Waals surface area contributed by atoms with Gasteiger partial charge in [-0.1, -0.05) is 64.5 Å². The normalized spacial score (nSPS) is 15.5. The number of rotatable bonds is 3. The van der Waals surface area contributed by atoms with Crippen molar-refractivity contribution in [3.05, 3.63) is 94.2 Å². The molecule has 1 atom stereocenters. The number of fused-ring (bicyclic) bond motifs is 2. The van der Waals surface area contributed by atoms with Crippen LogP contribution in [0.25, 0.3) is 11.0 Å². The van der Waals surface area contributed by atoms with E-state index >= 15 is 0 Å². The molecule has 0 radical (unpaired) electrons. The van der Waals surface area contributed by atoms with Crippen LogP contribution in [0.5, 0.6) is 0 Å². The summed E-state index contributed by atoms with van der Waals surface area (Å²) in [7, 11) is 0. The van der Waals surface area contributed by atoms with Gasteiger partial charge < -0.3 is 9.72 Å². The maximum atomic E-state index is 13.1. The second-order valence-electron chi connectivity index (χ2n) is 7.04. The molecule has 0 spiro atoms. The lowest BCUT2D eigenvalue weighted by molar-refractivity contribution is 0.145. The molecule has 0 aliphatic carbocycles. The minimum Gasteiger partial charge on any atom is -0.444 e. The van der Waals surface area contributed by atoms with Crippen molar-refractivity contribution < 1.29 is 9.53 Å². The second kappa shape index (κ2) is 7.37. The monoisotopic (exact) mass is 447 g/mol. The number of halogens is 1. The smallest absolute Gasteiger partial charge is 0.415 e. The number of carbonyl (C=O) groups is 1. The molecule has 5 nitrogen and oxygen atoms in total. The number of benzene rings is 3. The summed E-state index contributed by atoms with van der Waals surface area (Å²) in [6.45, 7) is 0.234. The Labute approximate surface area is 176 Å². The van der Waals surface area contributed by atoms with E-state index in [0.717, 1.165) is 38.1 Å². The van der Waals surface area contributed by atoms with Gasteiger partial charge in [-0.3, -0.25) is 4.90 Å². The van der Waals surface area contributed by atoms with Gasteiger partial charge in [0.15, 0.2) is 0 Å². The molecular formula is C23H18BrN3O2. The minimum atomic E-state index is -0.370. The van der Waals surface area contributed by atoms with Crippen molar-refractivity contribution >= 4 is 38.7 Å². The first kappa shape index (κ1) is 17.9. The zero-order valence-electron chi connectivity index (χ0n) is 15.5. The highest BCUT2D eigenvalue weighted by atomic mass is 79.9. The average molecular weight is 448 g/mol. The van der Waals surface area contributed by atoms with Crippen LogP contribution in [-0.2, 0) is 17.8 Å². The lowest BCUT2D eigenvalue weighted by atomic mass is 10.1. The van der Waals surface area contributed by atoms with Gasteiger partial charge >= 0.3 is 6.09 Å². The summed E-state index contributed by atoms with van der Waals surface area (Å²) in [6.07, 6.45) is 0.322. The Morgan fingerprint density at radius 1 is 1.10 bits per heavy atom. The fourth-order valence-corrected chi connectivity index (χ4v) is 4.14. The Morgan fingerprint density at radius 3 is 2.76 bits per heavy atom. The first-order valence-electron chi connectivity index (χ1n) is 9.42. The fourth-order valence-electron chi connectivity index (χ4n) is 3.78. The molecule has 4 aromatic rings. The Hall–Kier alpha value is -3.12. The summed E-state index contributed by atoms with van der Waals surface area (Å²) in [6, 6.07) is 23.3. The van der Waals surface area contributed by atoms with Gasteiger partial charge in [-0.2, -0.15) is 0 Å². The number of H-pyrrole nitrogens is 1. The molecule has 1 unspecified atom stereocenters. The number of aromatic amines is 1. The van der Waals surface area contributed by atoms with Gasteiger partial charge in [-0.25, -0.2) is 9.78 Å². The number of nitrogens with one attached hydrogen (secondary N) is 1. The Bertz CT molecular complexity index is 1190. The van der Waals surface area contributed by atoms with E-state index in [2.05, 4.69) is 20.9 Å². The van der Waals surface area contributed by atoms with Crippen molar-refractivity contribution in [1.29, 1.82) is 0 Å². The quantitative estimate of drug-likeness (QED) is 0.433. The van der Waals surface area contributed by atoms with Crippen molar-refractivity contribution in [3.8, 4) is 0 Å². The summed E-state index contributed by atoms with van der Waals surface area (Å²) >= 11 is 3.49. The van der Waals surface area contributed by atoms with E-state index in [9.17, 15) is 4.79 Å². The van der Waals surface area contributed by atoms with E-state index in [0.29, 0.717) is 6.42 Å². The Morgan fingerprint density at radius 2 is 1.90 bits per heavy atom. The predicted molar refractivity (Wildman–Crippen MR) is 116 cm³/mol. The maximum Gasteiger partial charge on any atom is 0.415 e. The number of amides is 1. The lowest BCUT2D eigenvalue weighted by Gasteiger charge is -2.23. The SMILES string of the molecule is O=C(OCc1ccccc1)N1c2ccccc2CC1c1nc2ccc(Br)cc2[nH]1. The zero-order valence-corrected chi connectivity index (χ0v) is 17.1. The number of carbonyl (C=O) groups excluding carboxylic acids is 1. The van der Waals surface area contributed by atoms with Crippen LogP contribution >= 0.6 is 15.9 Å². The molecule has 0 saturated carbocycles. The predicted octanol–water partition coefficient (Wildman–Crippen LogP) is 5.77. The molecule has 0 bridgehead atoms. The first-order valence-corrected chi connectivity index (χ1v) is 10.2. The van der Waals surface area contributed by atoms with Crippen molar-refractivity contribution in [2.24, 2.45) is 0 Å². The van der Waals surface area contributed by atoms with Gasteiger partial charge in [0.2, 0.25) is 0 Å². The van der Waals surface area contributed by atoms with Gasteiger partial charge in [0.25, 0.3) is 0 Å². The van der Waals surface area contributed by atoms with Gasteiger partial charge in [0, 0.05) is 10.9 Å². The number of nitrogens with zero attached hydrogens (tertiary/aromatic N) is 2. The van der Waals surface area contributed by atoms with Crippen molar-refractivity contribution in [1.82, 2.24) is 9.97 Å². The van der Waals surface area contributed by atoms with Crippen LogP contribution in [0.1, 0.15) is 23.0 Å². The van der Waals surface area contributed by atoms with Crippen LogP contribution < -0.4 is 4.90 Å². The number of hydrogen-bond donors (Lipinski definition) is 1. The molecule has 1 aliphatic heterocycles. The molecule has 1 aliphatic rings. The Kier molecular flexibility index (Phi) is 4.56. The molecule has 6 heteroatoms. The third-order valence-electron chi connectivity index (χ3n) is 5.16. The van der Waals surface area contributed by atoms with Crippen LogP contribution in [0.2, 0.25) is 0 Å². The van der Waals surface area contributed by atoms with Crippen LogP contribution in [0, 0.1) is 0 Å². The number of ether oxygens (including phenoxy) is 1. The van der Waals surface area contributed by atoms with Crippen molar-refractivity contribution in [2.45, 2.75) is 19.1 Å². The summed E-state index contributed by atoms with van der Waals surface area (Å²) in [5.74, 6) is 0.756. The minimum absolute atomic E-state index is 0.234. The molecule has 144 valence electrons.